The van der Waals surface area contributed by atoms with Crippen molar-refractivity contribution in [2.24, 2.45) is 0 Å². The summed E-state index contributed by atoms with van der Waals surface area (Å²) in [4.78, 5) is 4.09. The Morgan fingerprint density at radius 1 is 1.57 bits per heavy atom. The summed E-state index contributed by atoms with van der Waals surface area (Å²) in [6.45, 7) is 2.86. The molecule has 0 aliphatic rings. The molecule has 14 heavy (non-hydrogen) atoms. The van der Waals surface area contributed by atoms with Gasteiger partial charge in [0.05, 0.1) is 29.9 Å². The topological polar surface area (TPSA) is 63.8 Å². The van der Waals surface area contributed by atoms with Gasteiger partial charge in [0.1, 0.15) is 11.8 Å². The third kappa shape index (κ3) is 1.66. The fourth-order valence-electron chi connectivity index (χ4n) is 1.14. The normalized spacial score (nSPS) is 13.0. The second-order valence-electron chi connectivity index (χ2n) is 2.86. The molecule has 5 nitrogen and oxygen atoms in total. The minimum atomic E-state index is -0.762. The molecule has 0 fully saturated rings. The minimum absolute atomic E-state index is 0.552. The molecule has 1 atom stereocenters. The van der Waals surface area contributed by atoms with E-state index in [0.29, 0.717) is 11.4 Å². The molecule has 2 heterocycles. The Bertz CT molecular complexity index is 397. The number of aryl methyl sites for hydroxylation is 1. The van der Waals surface area contributed by atoms with Crippen molar-refractivity contribution < 1.29 is 5.11 Å². The maximum absolute atomic E-state index is 9.82. The number of hydrogen-bond acceptors (Lipinski definition) is 5. The van der Waals surface area contributed by atoms with Gasteiger partial charge in [0, 0.05) is 12.7 Å². The molecule has 0 aromatic carbocycles. The number of aliphatic hydroxyl groups is 1. The van der Waals surface area contributed by atoms with Gasteiger partial charge in [-0.05, 0) is 6.92 Å². The first-order chi connectivity index (χ1) is 6.81. The highest BCUT2D eigenvalue weighted by Crippen LogP contribution is 2.17. The lowest BCUT2D eigenvalue weighted by Crippen LogP contribution is -2.00. The van der Waals surface area contributed by atoms with Crippen LogP contribution in [0.25, 0.3) is 0 Å². The summed E-state index contributed by atoms with van der Waals surface area (Å²) in [5, 5.41) is 9.82. The molecule has 74 valence electrons. The molecule has 2 aromatic heterocycles. The van der Waals surface area contributed by atoms with Crippen LogP contribution in [0, 0.1) is 0 Å². The van der Waals surface area contributed by atoms with E-state index >= 15 is 0 Å². The van der Waals surface area contributed by atoms with Gasteiger partial charge in [-0.15, -0.1) is 0 Å². The van der Waals surface area contributed by atoms with Crippen LogP contribution in [0.4, 0.5) is 0 Å². The van der Waals surface area contributed by atoms with Gasteiger partial charge in [-0.2, -0.15) is 8.75 Å². The van der Waals surface area contributed by atoms with Gasteiger partial charge >= 0.3 is 0 Å². The second kappa shape index (κ2) is 3.85. The summed E-state index contributed by atoms with van der Waals surface area (Å²) in [7, 11) is 0. The number of hydrogen-bond donors (Lipinski definition) is 1. The van der Waals surface area contributed by atoms with Crippen LogP contribution in [0.3, 0.4) is 0 Å². The molecule has 0 aliphatic carbocycles. The van der Waals surface area contributed by atoms with Gasteiger partial charge < -0.3 is 9.67 Å². The van der Waals surface area contributed by atoms with Crippen LogP contribution in [-0.2, 0) is 6.54 Å². The van der Waals surface area contributed by atoms with Crippen molar-refractivity contribution in [3.63, 3.8) is 0 Å². The highest BCUT2D eigenvalue weighted by atomic mass is 32.1. The minimum Gasteiger partial charge on any atom is -0.380 e. The van der Waals surface area contributed by atoms with E-state index in [2.05, 4.69) is 13.7 Å². The number of aliphatic hydroxyl groups excluding tert-OH is 1. The van der Waals surface area contributed by atoms with Crippen molar-refractivity contribution in [3.8, 4) is 0 Å². The lowest BCUT2D eigenvalue weighted by atomic mass is 10.2. The third-order valence-electron chi connectivity index (χ3n) is 1.96. The van der Waals surface area contributed by atoms with Gasteiger partial charge in [0.25, 0.3) is 0 Å². The summed E-state index contributed by atoms with van der Waals surface area (Å²) < 4.78 is 9.69. The molecule has 1 N–H and O–H groups in total. The van der Waals surface area contributed by atoms with Crippen LogP contribution < -0.4 is 0 Å². The van der Waals surface area contributed by atoms with E-state index in [1.807, 2.05) is 17.7 Å². The highest BCUT2D eigenvalue weighted by Gasteiger charge is 2.15. The van der Waals surface area contributed by atoms with E-state index in [1.54, 1.807) is 12.5 Å². The number of rotatable bonds is 3. The van der Waals surface area contributed by atoms with Crippen molar-refractivity contribution >= 4 is 11.7 Å². The van der Waals surface area contributed by atoms with E-state index < -0.39 is 6.10 Å². The monoisotopic (exact) mass is 210 g/mol. The first-order valence-corrected chi connectivity index (χ1v) is 5.01. The van der Waals surface area contributed by atoms with Crippen LogP contribution in [0.2, 0.25) is 0 Å². The van der Waals surface area contributed by atoms with E-state index in [0.717, 1.165) is 18.3 Å². The molecule has 0 bridgehead atoms. The molecule has 0 aliphatic heterocycles. The molecule has 2 aromatic rings. The zero-order valence-corrected chi connectivity index (χ0v) is 8.48. The lowest BCUT2D eigenvalue weighted by molar-refractivity contribution is 0.212. The third-order valence-corrected chi connectivity index (χ3v) is 2.45. The molecule has 0 saturated carbocycles. The standard InChI is InChI=1S/C8H10N4OS/c1-2-12-4-7(9-5-12)8(13)6-3-10-14-11-6/h3-5,8,13H,2H2,1H3. The Morgan fingerprint density at radius 3 is 3.00 bits per heavy atom. The SMILES string of the molecule is CCn1cnc(C(O)c2cnsn2)c1. The maximum Gasteiger partial charge on any atom is 0.142 e. The van der Waals surface area contributed by atoms with Crippen LogP contribution in [-0.4, -0.2) is 23.4 Å². The van der Waals surface area contributed by atoms with E-state index in [9.17, 15) is 5.11 Å². The van der Waals surface area contributed by atoms with E-state index in [1.165, 1.54) is 0 Å². The predicted molar refractivity (Wildman–Crippen MR) is 51.9 cm³/mol. The Labute approximate surface area is 85.4 Å². The molecule has 0 saturated heterocycles. The van der Waals surface area contributed by atoms with Crippen molar-refractivity contribution in [2.75, 3.05) is 0 Å². The van der Waals surface area contributed by atoms with Crippen molar-refractivity contribution in [1.29, 1.82) is 0 Å². The quantitative estimate of drug-likeness (QED) is 0.815. The van der Waals surface area contributed by atoms with Gasteiger partial charge in [0.15, 0.2) is 0 Å². The van der Waals surface area contributed by atoms with E-state index in [4.69, 9.17) is 0 Å². The average molecular weight is 210 g/mol. The van der Waals surface area contributed by atoms with Gasteiger partial charge in [-0.1, -0.05) is 0 Å². The summed E-state index contributed by atoms with van der Waals surface area (Å²) in [5.74, 6) is 0. The van der Waals surface area contributed by atoms with Gasteiger partial charge in [-0.25, -0.2) is 4.98 Å². The largest absolute Gasteiger partial charge is 0.380 e. The predicted octanol–water partition coefficient (Wildman–Crippen LogP) is 0.836. The first-order valence-electron chi connectivity index (χ1n) is 4.28. The summed E-state index contributed by atoms with van der Waals surface area (Å²) in [6.07, 6.45) is 4.30. The van der Waals surface area contributed by atoms with Crippen LogP contribution >= 0.6 is 11.7 Å². The molecule has 0 amide bonds. The van der Waals surface area contributed by atoms with Gasteiger partial charge in [-0.3, -0.25) is 0 Å². The van der Waals surface area contributed by atoms with E-state index in [-0.39, 0.29) is 0 Å². The molecular formula is C8H10N4OS. The average Bonchev–Trinajstić information content (AvgIpc) is 2.88. The first kappa shape index (κ1) is 9.29. The zero-order chi connectivity index (χ0) is 9.97. The Balaban J connectivity index is 2.23. The summed E-state index contributed by atoms with van der Waals surface area (Å²) in [5.41, 5.74) is 1.16. The Hall–Kier alpha value is -1.27. The number of imidazole rings is 1. The molecular weight excluding hydrogens is 200 g/mol. The fourth-order valence-corrected chi connectivity index (χ4v) is 1.58. The molecule has 0 radical (unpaired) electrons. The van der Waals surface area contributed by atoms with Crippen LogP contribution in [0.1, 0.15) is 24.4 Å². The molecule has 1 unspecified atom stereocenters. The summed E-state index contributed by atoms with van der Waals surface area (Å²) >= 11 is 1.08. The molecule has 2 rings (SSSR count). The van der Waals surface area contributed by atoms with Crippen LogP contribution in [0.15, 0.2) is 18.7 Å². The zero-order valence-electron chi connectivity index (χ0n) is 7.66. The smallest absolute Gasteiger partial charge is 0.142 e. The Kier molecular flexibility index (Phi) is 2.55. The molecule has 6 heteroatoms. The lowest BCUT2D eigenvalue weighted by Gasteiger charge is -2.01. The van der Waals surface area contributed by atoms with Crippen molar-refractivity contribution in [1.82, 2.24) is 18.3 Å². The Morgan fingerprint density at radius 2 is 2.43 bits per heavy atom. The van der Waals surface area contributed by atoms with Crippen molar-refractivity contribution in [2.45, 2.75) is 19.6 Å². The maximum atomic E-state index is 9.82. The highest BCUT2D eigenvalue weighted by molar-refractivity contribution is 6.99. The number of aromatic nitrogens is 4. The fraction of sp³-hybridized carbons (Fsp3) is 0.375. The second-order valence-corrected chi connectivity index (χ2v) is 3.42. The number of nitrogens with zero attached hydrogens (tertiary/aromatic N) is 4. The van der Waals surface area contributed by atoms with Crippen LogP contribution in [0.5, 0.6) is 0 Å². The summed E-state index contributed by atoms with van der Waals surface area (Å²) in [6, 6.07) is 0. The van der Waals surface area contributed by atoms with Crippen molar-refractivity contribution in [3.05, 3.63) is 30.1 Å². The van der Waals surface area contributed by atoms with Gasteiger partial charge in [0.2, 0.25) is 0 Å². The molecule has 0 spiro atoms.